The van der Waals surface area contributed by atoms with Crippen LogP contribution < -0.4 is 0 Å². The van der Waals surface area contributed by atoms with E-state index in [1.165, 1.54) is 0 Å². The molecule has 0 rings (SSSR count). The summed E-state index contributed by atoms with van der Waals surface area (Å²) >= 11 is 0. The molecule has 0 aliphatic carbocycles. The molecule has 0 aromatic rings. The van der Waals surface area contributed by atoms with E-state index in [4.69, 9.17) is 35.0 Å². The molecule has 29 heavy (non-hydrogen) atoms. The van der Waals surface area contributed by atoms with E-state index in [1.807, 2.05) is 27.7 Å². The van der Waals surface area contributed by atoms with E-state index in [1.54, 1.807) is 0 Å². The molecule has 0 spiro atoms. The molecule has 9 heteroatoms. The molecule has 0 aromatic heterocycles. The van der Waals surface area contributed by atoms with Crippen molar-refractivity contribution in [1.29, 1.82) is 0 Å². The lowest BCUT2D eigenvalue weighted by atomic mass is 10.2. The molecule has 7 N–H and O–H groups in total. The van der Waals surface area contributed by atoms with Gasteiger partial charge in [-0.15, -0.1) is 0 Å². The number of ether oxygens (including phenoxy) is 2. The molecule has 0 fully saturated rings. The predicted octanol–water partition coefficient (Wildman–Crippen LogP) is -0.331. The minimum Gasteiger partial charge on any atom is -0.396 e. The van der Waals surface area contributed by atoms with Gasteiger partial charge in [0.15, 0.2) is 0 Å². The van der Waals surface area contributed by atoms with Gasteiger partial charge in [-0.3, -0.25) is 0 Å². The summed E-state index contributed by atoms with van der Waals surface area (Å²) in [4.78, 5) is 0. The Kier molecular flexibility index (Phi) is 29.5. The molecular formula is C20H46O9. The second-order valence-electron chi connectivity index (χ2n) is 6.74. The third-order valence-electron chi connectivity index (χ3n) is 3.89. The second-order valence-corrected chi connectivity index (χ2v) is 6.74. The summed E-state index contributed by atoms with van der Waals surface area (Å²) in [6.07, 6.45) is 0.670. The number of rotatable bonds is 15. The standard InChI is InChI=1S/C12H26O5.2C4H10O2/c1-3-11(14)8-16-6-10(5-13)7-17-9-12(15)4-2;2*1-2-4(6)3-5/h10-15H,3-9H2,1-2H3;2*4-6H,2-3H2,1H3. The number of aliphatic hydroxyl groups excluding tert-OH is 7. The summed E-state index contributed by atoms with van der Waals surface area (Å²) in [5, 5.41) is 60.6. The first-order valence-corrected chi connectivity index (χ1v) is 10.5. The fraction of sp³-hybridized carbons (Fsp3) is 1.00. The molecule has 0 saturated heterocycles. The first-order chi connectivity index (χ1) is 13.7. The summed E-state index contributed by atoms with van der Waals surface area (Å²) in [6, 6.07) is 0. The van der Waals surface area contributed by atoms with E-state index < -0.39 is 24.4 Å². The zero-order valence-corrected chi connectivity index (χ0v) is 18.6. The van der Waals surface area contributed by atoms with Crippen LogP contribution in [0, 0.1) is 5.92 Å². The summed E-state index contributed by atoms with van der Waals surface area (Å²) in [5.74, 6) is -0.108. The van der Waals surface area contributed by atoms with Crippen molar-refractivity contribution in [3.05, 3.63) is 0 Å². The van der Waals surface area contributed by atoms with E-state index in [0.29, 0.717) is 38.9 Å². The quantitative estimate of drug-likeness (QED) is 0.184. The SMILES string of the molecule is CCC(O)CO.CCC(O)CO.CCC(O)COCC(CO)COCC(O)CC. The van der Waals surface area contributed by atoms with Gasteiger partial charge in [0.25, 0.3) is 0 Å². The summed E-state index contributed by atoms with van der Waals surface area (Å²) in [5.41, 5.74) is 0. The van der Waals surface area contributed by atoms with Gasteiger partial charge in [0.1, 0.15) is 0 Å². The lowest BCUT2D eigenvalue weighted by molar-refractivity contribution is -0.0302. The van der Waals surface area contributed by atoms with Gasteiger partial charge >= 0.3 is 0 Å². The Morgan fingerprint density at radius 1 is 0.483 bits per heavy atom. The molecule has 0 bridgehead atoms. The van der Waals surface area contributed by atoms with Crippen molar-refractivity contribution in [2.24, 2.45) is 5.92 Å². The van der Waals surface area contributed by atoms with E-state index in [2.05, 4.69) is 0 Å². The number of hydrogen-bond donors (Lipinski definition) is 7. The van der Waals surface area contributed by atoms with Crippen molar-refractivity contribution >= 4 is 0 Å². The van der Waals surface area contributed by atoms with Crippen molar-refractivity contribution in [2.45, 2.75) is 77.8 Å². The maximum atomic E-state index is 9.27. The molecule has 0 aliphatic heterocycles. The average molecular weight is 431 g/mol. The van der Waals surface area contributed by atoms with Crippen LogP contribution >= 0.6 is 0 Å². The zero-order valence-electron chi connectivity index (χ0n) is 18.6. The van der Waals surface area contributed by atoms with Crippen molar-refractivity contribution in [3.63, 3.8) is 0 Å². The highest BCUT2D eigenvalue weighted by Gasteiger charge is 2.10. The monoisotopic (exact) mass is 430 g/mol. The Labute approximate surface area is 175 Å². The highest BCUT2D eigenvalue weighted by atomic mass is 16.5. The van der Waals surface area contributed by atoms with Crippen LogP contribution in [0.25, 0.3) is 0 Å². The Hall–Kier alpha value is -0.360. The highest BCUT2D eigenvalue weighted by molar-refractivity contribution is 4.58. The molecule has 0 aromatic carbocycles. The first-order valence-electron chi connectivity index (χ1n) is 10.5. The van der Waals surface area contributed by atoms with Gasteiger partial charge in [0.05, 0.1) is 70.7 Å². The number of aliphatic hydroxyl groups is 7. The zero-order chi connectivity index (χ0) is 23.1. The van der Waals surface area contributed by atoms with E-state index in [9.17, 15) is 10.2 Å². The van der Waals surface area contributed by atoms with Crippen LogP contribution in [0.4, 0.5) is 0 Å². The van der Waals surface area contributed by atoms with Gasteiger partial charge in [0, 0.05) is 5.92 Å². The Balaban J connectivity index is -0.000000460. The maximum absolute atomic E-state index is 9.27. The van der Waals surface area contributed by atoms with Crippen LogP contribution in [-0.4, -0.2) is 106 Å². The van der Waals surface area contributed by atoms with Crippen LogP contribution in [-0.2, 0) is 9.47 Å². The molecule has 0 aliphatic rings. The lowest BCUT2D eigenvalue weighted by Crippen LogP contribution is -2.25. The molecule has 4 unspecified atom stereocenters. The fourth-order valence-corrected chi connectivity index (χ4v) is 1.39. The highest BCUT2D eigenvalue weighted by Crippen LogP contribution is 2.01. The van der Waals surface area contributed by atoms with E-state index in [-0.39, 0.29) is 39.0 Å². The van der Waals surface area contributed by atoms with Crippen LogP contribution in [0.2, 0.25) is 0 Å². The minimum absolute atomic E-state index is 0.0234. The minimum atomic E-state index is -0.509. The maximum Gasteiger partial charge on any atom is 0.0771 e. The first kappa shape index (κ1) is 33.3. The van der Waals surface area contributed by atoms with E-state index >= 15 is 0 Å². The van der Waals surface area contributed by atoms with Crippen molar-refractivity contribution in [1.82, 2.24) is 0 Å². The van der Waals surface area contributed by atoms with Gasteiger partial charge in [-0.1, -0.05) is 27.7 Å². The van der Waals surface area contributed by atoms with Gasteiger partial charge in [-0.2, -0.15) is 0 Å². The van der Waals surface area contributed by atoms with Crippen molar-refractivity contribution in [3.8, 4) is 0 Å². The molecule has 0 heterocycles. The third-order valence-corrected chi connectivity index (χ3v) is 3.89. The van der Waals surface area contributed by atoms with Gasteiger partial charge < -0.3 is 45.2 Å². The summed E-state index contributed by atoms with van der Waals surface area (Å²) in [6.45, 7) is 8.43. The molecular weight excluding hydrogens is 384 g/mol. The Morgan fingerprint density at radius 2 is 0.793 bits per heavy atom. The van der Waals surface area contributed by atoms with Crippen molar-refractivity contribution in [2.75, 3.05) is 46.2 Å². The second kappa shape index (κ2) is 25.7. The molecule has 0 radical (unpaired) electrons. The predicted molar refractivity (Wildman–Crippen MR) is 112 cm³/mol. The largest absolute Gasteiger partial charge is 0.396 e. The van der Waals surface area contributed by atoms with Gasteiger partial charge in [-0.05, 0) is 25.7 Å². The molecule has 0 saturated carbocycles. The molecule has 0 amide bonds. The fourth-order valence-electron chi connectivity index (χ4n) is 1.39. The van der Waals surface area contributed by atoms with Crippen molar-refractivity contribution < 1.29 is 45.2 Å². The smallest absolute Gasteiger partial charge is 0.0771 e. The molecule has 180 valence electrons. The van der Waals surface area contributed by atoms with E-state index in [0.717, 1.165) is 0 Å². The molecule has 9 nitrogen and oxygen atoms in total. The third kappa shape index (κ3) is 27.6. The lowest BCUT2D eigenvalue weighted by Gasteiger charge is -2.17. The number of hydrogen-bond acceptors (Lipinski definition) is 9. The Morgan fingerprint density at radius 3 is 0.966 bits per heavy atom. The van der Waals surface area contributed by atoms with Crippen LogP contribution in [0.15, 0.2) is 0 Å². The van der Waals surface area contributed by atoms with Crippen LogP contribution in [0.3, 0.4) is 0 Å². The van der Waals surface area contributed by atoms with Gasteiger partial charge in [-0.25, -0.2) is 0 Å². The summed E-state index contributed by atoms with van der Waals surface area (Å²) in [7, 11) is 0. The average Bonchev–Trinajstić information content (AvgIpc) is 2.76. The topological polar surface area (TPSA) is 160 Å². The normalized spacial score (nSPS) is 15.8. The summed E-state index contributed by atoms with van der Waals surface area (Å²) < 4.78 is 10.5. The van der Waals surface area contributed by atoms with Gasteiger partial charge in [0.2, 0.25) is 0 Å². The van der Waals surface area contributed by atoms with Crippen LogP contribution in [0.5, 0.6) is 0 Å². The molecule has 4 atom stereocenters. The Bertz CT molecular complexity index is 261. The van der Waals surface area contributed by atoms with Crippen LogP contribution in [0.1, 0.15) is 53.4 Å².